The van der Waals surface area contributed by atoms with Gasteiger partial charge in [0, 0.05) is 29.7 Å². The Morgan fingerprint density at radius 3 is 2.34 bits per heavy atom. The first-order valence-electron chi connectivity index (χ1n) is 12.2. The number of hydrogen-bond donors (Lipinski definition) is 1. The molecule has 1 aromatic rings. The van der Waals surface area contributed by atoms with E-state index in [1.165, 1.54) is 12.4 Å². The Morgan fingerprint density at radius 1 is 1.06 bits per heavy atom. The molecule has 2 N–H and O–H groups in total. The highest BCUT2D eigenvalue weighted by atomic mass is 19.3. The van der Waals surface area contributed by atoms with Crippen molar-refractivity contribution >= 4 is 12.1 Å². The number of benzene rings is 1. The number of ketones is 1. The molecule has 0 aliphatic rings. The molecule has 5 heteroatoms. The van der Waals surface area contributed by atoms with Gasteiger partial charge in [0.1, 0.15) is 0 Å². The summed E-state index contributed by atoms with van der Waals surface area (Å²) in [4.78, 5) is 16.6. The van der Waals surface area contributed by atoms with Gasteiger partial charge in [0.05, 0.1) is 6.34 Å². The lowest BCUT2D eigenvalue weighted by Crippen LogP contribution is -2.14. The summed E-state index contributed by atoms with van der Waals surface area (Å²) < 4.78 is 27.1. The summed E-state index contributed by atoms with van der Waals surface area (Å²) in [7, 11) is 0. The smallest absolute Gasteiger partial charge is 0.248 e. The van der Waals surface area contributed by atoms with Gasteiger partial charge in [-0.15, -0.1) is 0 Å². The molecule has 0 saturated heterocycles. The number of nitrogens with zero attached hydrogens (tertiary/aromatic N) is 1. The van der Waals surface area contributed by atoms with E-state index in [9.17, 15) is 13.6 Å². The van der Waals surface area contributed by atoms with Crippen molar-refractivity contribution in [1.29, 1.82) is 0 Å². The number of carbonyl (C=O) groups is 1. The molecule has 190 valence electrons. The van der Waals surface area contributed by atoms with Gasteiger partial charge in [-0.1, -0.05) is 68.0 Å². The predicted octanol–water partition coefficient (Wildman–Crippen LogP) is 8.30. The van der Waals surface area contributed by atoms with Crippen molar-refractivity contribution in [3.63, 3.8) is 0 Å². The normalized spacial score (nSPS) is 14.4. The lowest BCUT2D eigenvalue weighted by Gasteiger charge is -2.13. The summed E-state index contributed by atoms with van der Waals surface area (Å²) in [6, 6.07) is 7.47. The minimum absolute atomic E-state index is 0.115. The van der Waals surface area contributed by atoms with Gasteiger partial charge in [-0.3, -0.25) is 4.79 Å². The van der Waals surface area contributed by atoms with Gasteiger partial charge in [0.2, 0.25) is 5.92 Å². The van der Waals surface area contributed by atoms with Crippen LogP contribution in [-0.2, 0) is 6.42 Å². The average molecular weight is 483 g/mol. The summed E-state index contributed by atoms with van der Waals surface area (Å²) in [5, 5.41) is 0. The van der Waals surface area contributed by atoms with Crippen LogP contribution in [0.1, 0.15) is 82.6 Å². The zero-order chi connectivity index (χ0) is 26.3. The zero-order valence-electron chi connectivity index (χ0n) is 21.8. The third kappa shape index (κ3) is 11.3. The maximum Gasteiger partial charge on any atom is 0.248 e. The van der Waals surface area contributed by atoms with Gasteiger partial charge in [-0.2, -0.15) is 0 Å². The van der Waals surface area contributed by atoms with Crippen LogP contribution in [0, 0.1) is 0 Å². The molecule has 0 atom stereocenters. The lowest BCUT2D eigenvalue weighted by atomic mass is 9.96. The Labute approximate surface area is 209 Å². The van der Waals surface area contributed by atoms with E-state index in [2.05, 4.69) is 31.0 Å². The Bertz CT molecular complexity index is 994. The molecular weight excluding hydrogens is 442 g/mol. The van der Waals surface area contributed by atoms with Gasteiger partial charge in [-0.25, -0.2) is 13.8 Å². The third-order valence-corrected chi connectivity index (χ3v) is 5.64. The van der Waals surface area contributed by atoms with Gasteiger partial charge in [-0.05, 0) is 69.7 Å². The first-order valence-corrected chi connectivity index (χ1v) is 12.2. The zero-order valence-corrected chi connectivity index (χ0v) is 21.8. The van der Waals surface area contributed by atoms with Crippen molar-refractivity contribution in [1.82, 2.24) is 0 Å². The van der Waals surface area contributed by atoms with Gasteiger partial charge in [0.25, 0.3) is 0 Å². The second-order valence-corrected chi connectivity index (χ2v) is 8.65. The van der Waals surface area contributed by atoms with Crippen LogP contribution in [0.25, 0.3) is 0 Å². The molecule has 0 spiro atoms. The van der Waals surface area contributed by atoms with E-state index in [1.807, 2.05) is 38.1 Å². The Balaban J connectivity index is 2.77. The highest BCUT2D eigenvalue weighted by Gasteiger charge is 2.25. The Morgan fingerprint density at radius 2 is 1.74 bits per heavy atom. The maximum absolute atomic E-state index is 13.5. The first kappa shape index (κ1) is 30.0. The molecule has 0 radical (unpaired) electrons. The van der Waals surface area contributed by atoms with Crippen LogP contribution in [0.3, 0.4) is 0 Å². The Kier molecular flexibility index (Phi) is 13.5. The first-order chi connectivity index (χ1) is 16.6. The van der Waals surface area contributed by atoms with Crippen LogP contribution < -0.4 is 5.73 Å². The third-order valence-electron chi connectivity index (χ3n) is 5.64. The number of carbonyl (C=O) groups excluding carboxylic acids is 1. The van der Waals surface area contributed by atoms with E-state index in [4.69, 9.17) is 5.73 Å². The van der Waals surface area contributed by atoms with Gasteiger partial charge >= 0.3 is 0 Å². The summed E-state index contributed by atoms with van der Waals surface area (Å²) in [6.07, 6.45) is 14.5. The highest BCUT2D eigenvalue weighted by Crippen LogP contribution is 2.26. The fraction of sp³-hybridized carbons (Fsp3) is 0.400. The molecule has 1 rings (SSSR count). The van der Waals surface area contributed by atoms with Crippen molar-refractivity contribution in [2.75, 3.05) is 0 Å². The number of nitrogens with two attached hydrogens (primary N) is 1. The summed E-state index contributed by atoms with van der Waals surface area (Å²) >= 11 is 0. The summed E-state index contributed by atoms with van der Waals surface area (Å²) in [5.41, 5.74) is 11.4. The van der Waals surface area contributed by atoms with E-state index >= 15 is 0 Å². The van der Waals surface area contributed by atoms with Crippen molar-refractivity contribution in [3.8, 4) is 0 Å². The molecule has 0 aliphatic carbocycles. The molecule has 0 fully saturated rings. The standard InChI is InChI=1S/C30H40F2N2O/c1-6-8-12-23(3)29(25(5)34-22-33)24(4)13-11-14-26-16-18-27(19-17-26)28(35)15-9-10-21-30(31,32)20-7-2/h6,8-9,12-13,15-19,22H,7,10-11,14,20-21H2,1-5H3,(H2,33,34)/b8-6?,15-9?,23-12-,24-13-,29-25+. The number of halogens is 2. The molecule has 0 heterocycles. The number of aryl methyl sites for hydroxylation is 1. The maximum atomic E-state index is 13.5. The Hall–Kier alpha value is -3.08. The number of allylic oxidation sites excluding steroid dienone is 10. The number of aliphatic imine (C=N–C) groups is 1. The van der Waals surface area contributed by atoms with E-state index in [1.54, 1.807) is 25.1 Å². The van der Waals surface area contributed by atoms with Crippen molar-refractivity contribution in [3.05, 3.63) is 94.3 Å². The number of rotatable bonds is 14. The second-order valence-electron chi connectivity index (χ2n) is 8.65. The second kappa shape index (κ2) is 15.8. The quantitative estimate of drug-likeness (QED) is 0.0953. The fourth-order valence-electron chi connectivity index (χ4n) is 3.85. The topological polar surface area (TPSA) is 55.5 Å². The van der Waals surface area contributed by atoms with Gasteiger partial charge < -0.3 is 5.73 Å². The fourth-order valence-corrected chi connectivity index (χ4v) is 3.85. The molecule has 0 aliphatic heterocycles. The van der Waals surface area contributed by atoms with Crippen LogP contribution in [0.5, 0.6) is 0 Å². The van der Waals surface area contributed by atoms with Crippen molar-refractivity contribution in [2.45, 2.75) is 79.1 Å². The molecule has 0 unspecified atom stereocenters. The van der Waals surface area contributed by atoms with Crippen LogP contribution in [0.2, 0.25) is 0 Å². The molecule has 0 amide bonds. The van der Waals surface area contributed by atoms with Crippen molar-refractivity contribution in [2.24, 2.45) is 10.7 Å². The largest absolute Gasteiger partial charge is 0.390 e. The summed E-state index contributed by atoms with van der Waals surface area (Å²) in [6.45, 7) is 9.80. The number of hydrogen-bond acceptors (Lipinski definition) is 2. The molecule has 0 aromatic heterocycles. The molecule has 0 bridgehead atoms. The molecule has 35 heavy (non-hydrogen) atoms. The number of alkyl halides is 2. The van der Waals surface area contributed by atoms with Crippen LogP contribution >= 0.6 is 0 Å². The minimum atomic E-state index is -2.66. The van der Waals surface area contributed by atoms with Crippen LogP contribution in [0.4, 0.5) is 8.78 Å². The van der Waals surface area contributed by atoms with E-state index in [0.717, 1.165) is 40.8 Å². The monoisotopic (exact) mass is 482 g/mol. The summed E-state index contributed by atoms with van der Waals surface area (Å²) in [5.74, 6) is -2.83. The SMILES string of the molecule is CC=C\C=C(C)/C(C(/C)=C\CCc1ccc(C(=O)C=CCCC(F)(F)CCC)cc1)=C(/C)N=CN. The lowest BCUT2D eigenvalue weighted by molar-refractivity contribution is -0.0157. The van der Waals surface area contributed by atoms with E-state index < -0.39 is 5.92 Å². The predicted molar refractivity (Wildman–Crippen MR) is 145 cm³/mol. The highest BCUT2D eigenvalue weighted by molar-refractivity contribution is 6.04. The van der Waals surface area contributed by atoms with Crippen LogP contribution in [0.15, 0.2) is 88.1 Å². The average Bonchev–Trinajstić information content (AvgIpc) is 2.81. The van der Waals surface area contributed by atoms with Crippen LogP contribution in [-0.4, -0.2) is 18.0 Å². The van der Waals surface area contributed by atoms with E-state index in [-0.39, 0.29) is 25.0 Å². The van der Waals surface area contributed by atoms with Gasteiger partial charge in [0.15, 0.2) is 5.78 Å². The molecular formula is C30H40F2N2O. The minimum Gasteiger partial charge on any atom is -0.390 e. The molecule has 1 aromatic carbocycles. The molecule has 3 nitrogen and oxygen atoms in total. The molecule has 0 saturated carbocycles. The van der Waals surface area contributed by atoms with Crippen molar-refractivity contribution < 1.29 is 13.6 Å². The van der Waals surface area contributed by atoms with E-state index in [0.29, 0.717) is 12.0 Å².